The lowest BCUT2D eigenvalue weighted by Gasteiger charge is -2.21. The molecule has 0 amide bonds. The quantitative estimate of drug-likeness (QED) is 0.896. The summed E-state index contributed by atoms with van der Waals surface area (Å²) in [5.74, 6) is 1.24. The van der Waals surface area contributed by atoms with Gasteiger partial charge in [-0.1, -0.05) is 36.4 Å². The molecule has 2 aromatic rings. The van der Waals surface area contributed by atoms with Gasteiger partial charge in [-0.2, -0.15) is 0 Å². The minimum atomic E-state index is 0.287. The number of aryl methyl sites for hydroxylation is 2. The Balaban J connectivity index is 2.52. The molecule has 0 aliphatic heterocycles. The van der Waals surface area contributed by atoms with E-state index in [9.17, 15) is 0 Å². The summed E-state index contributed by atoms with van der Waals surface area (Å²) in [6, 6.07) is 14.9. The van der Waals surface area contributed by atoms with Crippen LogP contribution in [0.3, 0.4) is 0 Å². The highest BCUT2D eigenvalue weighted by Crippen LogP contribution is 2.35. The van der Waals surface area contributed by atoms with Crippen LogP contribution in [0.4, 0.5) is 0 Å². The Labute approximate surface area is 121 Å². The Hall–Kier alpha value is -1.80. The zero-order chi connectivity index (χ0) is 14.5. The molecule has 106 valence electrons. The summed E-state index contributed by atoms with van der Waals surface area (Å²) in [5.41, 5.74) is 10.9. The van der Waals surface area contributed by atoms with Crippen LogP contribution in [-0.4, -0.2) is 13.7 Å². The second-order valence-corrected chi connectivity index (χ2v) is 5.22. The van der Waals surface area contributed by atoms with Gasteiger partial charge in [-0.05, 0) is 49.6 Å². The van der Waals surface area contributed by atoms with Crippen molar-refractivity contribution in [1.82, 2.24) is 0 Å². The van der Waals surface area contributed by atoms with Crippen molar-refractivity contribution in [3.63, 3.8) is 0 Å². The number of methoxy groups -OCH3 is 1. The van der Waals surface area contributed by atoms with Crippen molar-refractivity contribution in [2.45, 2.75) is 26.2 Å². The van der Waals surface area contributed by atoms with E-state index in [4.69, 9.17) is 10.5 Å². The summed E-state index contributed by atoms with van der Waals surface area (Å²) in [6.07, 6.45) is 0.920. The van der Waals surface area contributed by atoms with Gasteiger partial charge in [-0.25, -0.2) is 0 Å². The lowest BCUT2D eigenvalue weighted by Crippen LogP contribution is -2.10. The first kappa shape index (κ1) is 14.6. The highest BCUT2D eigenvalue weighted by atomic mass is 16.5. The number of hydrogen-bond acceptors (Lipinski definition) is 2. The first-order valence-corrected chi connectivity index (χ1v) is 7.07. The Bertz CT molecular complexity index is 563. The summed E-state index contributed by atoms with van der Waals surface area (Å²) >= 11 is 0. The molecule has 2 N–H and O–H groups in total. The van der Waals surface area contributed by atoms with E-state index in [1.54, 1.807) is 7.11 Å². The smallest absolute Gasteiger partial charge is 0.122 e. The van der Waals surface area contributed by atoms with E-state index >= 15 is 0 Å². The minimum absolute atomic E-state index is 0.287. The SMILES string of the molecule is COc1cc(C)c(C)cc1C(CCN)c1ccccc1. The van der Waals surface area contributed by atoms with Crippen LogP contribution in [0.2, 0.25) is 0 Å². The number of nitrogens with two attached hydrogens (primary N) is 1. The molecular formula is C18H23NO. The molecule has 0 aliphatic carbocycles. The fraction of sp³-hybridized carbons (Fsp3) is 0.333. The molecule has 2 heteroatoms. The van der Waals surface area contributed by atoms with E-state index in [-0.39, 0.29) is 5.92 Å². The number of ether oxygens (including phenoxy) is 1. The van der Waals surface area contributed by atoms with E-state index < -0.39 is 0 Å². The van der Waals surface area contributed by atoms with Crippen LogP contribution in [-0.2, 0) is 0 Å². The van der Waals surface area contributed by atoms with Gasteiger partial charge in [-0.15, -0.1) is 0 Å². The second kappa shape index (κ2) is 6.58. The molecule has 0 saturated heterocycles. The third-order valence-electron chi connectivity index (χ3n) is 3.88. The highest BCUT2D eigenvalue weighted by molar-refractivity contribution is 5.47. The molecule has 2 aromatic carbocycles. The summed E-state index contributed by atoms with van der Waals surface area (Å²) in [6.45, 7) is 4.92. The molecule has 0 bridgehead atoms. The molecule has 1 atom stereocenters. The van der Waals surface area contributed by atoms with Gasteiger partial charge < -0.3 is 10.5 Å². The van der Waals surface area contributed by atoms with Gasteiger partial charge in [0, 0.05) is 11.5 Å². The molecule has 0 heterocycles. The summed E-state index contributed by atoms with van der Waals surface area (Å²) in [4.78, 5) is 0. The van der Waals surface area contributed by atoms with Gasteiger partial charge in [0.05, 0.1) is 7.11 Å². The predicted octanol–water partition coefficient (Wildman–Crippen LogP) is 3.79. The average molecular weight is 269 g/mol. The Morgan fingerprint density at radius 1 is 1.05 bits per heavy atom. The van der Waals surface area contributed by atoms with Crippen molar-refractivity contribution in [2.24, 2.45) is 5.73 Å². The van der Waals surface area contributed by atoms with Crippen molar-refractivity contribution in [3.8, 4) is 5.75 Å². The first-order chi connectivity index (χ1) is 9.67. The van der Waals surface area contributed by atoms with Crippen molar-refractivity contribution in [3.05, 3.63) is 64.7 Å². The third-order valence-corrected chi connectivity index (χ3v) is 3.88. The predicted molar refractivity (Wildman–Crippen MR) is 84.4 cm³/mol. The molecule has 0 fully saturated rings. The zero-order valence-electron chi connectivity index (χ0n) is 12.5. The van der Waals surface area contributed by atoms with E-state index in [0.717, 1.165) is 12.2 Å². The van der Waals surface area contributed by atoms with Gasteiger partial charge in [0.1, 0.15) is 5.75 Å². The molecule has 0 spiro atoms. The molecule has 20 heavy (non-hydrogen) atoms. The Morgan fingerprint density at radius 2 is 1.70 bits per heavy atom. The second-order valence-electron chi connectivity index (χ2n) is 5.22. The fourth-order valence-electron chi connectivity index (χ4n) is 2.61. The van der Waals surface area contributed by atoms with Gasteiger partial charge in [0.15, 0.2) is 0 Å². The topological polar surface area (TPSA) is 35.2 Å². The maximum absolute atomic E-state index is 5.82. The van der Waals surface area contributed by atoms with Crippen molar-refractivity contribution in [1.29, 1.82) is 0 Å². The number of rotatable bonds is 5. The van der Waals surface area contributed by atoms with Crippen LogP contribution in [0.5, 0.6) is 5.75 Å². The van der Waals surface area contributed by atoms with Crippen molar-refractivity contribution >= 4 is 0 Å². The lowest BCUT2D eigenvalue weighted by molar-refractivity contribution is 0.406. The Morgan fingerprint density at radius 3 is 2.30 bits per heavy atom. The first-order valence-electron chi connectivity index (χ1n) is 7.07. The standard InChI is InChI=1S/C18H23NO/c1-13-11-17(18(20-3)12-14(13)2)16(9-10-19)15-7-5-4-6-8-15/h4-8,11-12,16H,9-10,19H2,1-3H3. The molecule has 2 rings (SSSR count). The van der Waals surface area contributed by atoms with Gasteiger partial charge >= 0.3 is 0 Å². The van der Waals surface area contributed by atoms with Crippen LogP contribution in [0, 0.1) is 13.8 Å². The molecule has 0 aliphatic rings. The normalized spacial score (nSPS) is 12.2. The Kier molecular flexibility index (Phi) is 4.80. The van der Waals surface area contributed by atoms with Crippen molar-refractivity contribution in [2.75, 3.05) is 13.7 Å². The van der Waals surface area contributed by atoms with Gasteiger partial charge in [0.25, 0.3) is 0 Å². The van der Waals surface area contributed by atoms with Gasteiger partial charge in [0.2, 0.25) is 0 Å². The van der Waals surface area contributed by atoms with E-state index in [0.29, 0.717) is 6.54 Å². The van der Waals surface area contributed by atoms with Crippen LogP contribution in [0.15, 0.2) is 42.5 Å². The summed E-state index contributed by atoms with van der Waals surface area (Å²) < 4.78 is 5.59. The van der Waals surface area contributed by atoms with E-state index in [1.165, 1.54) is 22.3 Å². The van der Waals surface area contributed by atoms with Crippen LogP contribution in [0.1, 0.15) is 34.6 Å². The minimum Gasteiger partial charge on any atom is -0.496 e. The highest BCUT2D eigenvalue weighted by Gasteiger charge is 2.18. The third kappa shape index (κ3) is 3.02. The molecule has 0 saturated carbocycles. The van der Waals surface area contributed by atoms with E-state index in [2.05, 4.69) is 50.2 Å². The fourth-order valence-corrected chi connectivity index (χ4v) is 2.61. The van der Waals surface area contributed by atoms with Crippen LogP contribution >= 0.6 is 0 Å². The number of benzene rings is 2. The average Bonchev–Trinajstić information content (AvgIpc) is 2.48. The van der Waals surface area contributed by atoms with Crippen LogP contribution < -0.4 is 10.5 Å². The lowest BCUT2D eigenvalue weighted by atomic mass is 9.86. The summed E-state index contributed by atoms with van der Waals surface area (Å²) in [5, 5.41) is 0. The summed E-state index contributed by atoms with van der Waals surface area (Å²) in [7, 11) is 1.73. The van der Waals surface area contributed by atoms with E-state index in [1.807, 2.05) is 6.07 Å². The molecule has 2 nitrogen and oxygen atoms in total. The molecular weight excluding hydrogens is 246 g/mol. The van der Waals surface area contributed by atoms with Crippen molar-refractivity contribution < 1.29 is 4.74 Å². The molecule has 1 unspecified atom stereocenters. The zero-order valence-corrected chi connectivity index (χ0v) is 12.5. The maximum Gasteiger partial charge on any atom is 0.122 e. The van der Waals surface area contributed by atoms with Gasteiger partial charge in [-0.3, -0.25) is 0 Å². The molecule has 0 aromatic heterocycles. The monoisotopic (exact) mass is 269 g/mol. The van der Waals surface area contributed by atoms with Crippen LogP contribution in [0.25, 0.3) is 0 Å². The number of hydrogen-bond donors (Lipinski definition) is 1. The molecule has 0 radical (unpaired) electrons. The maximum atomic E-state index is 5.82. The largest absolute Gasteiger partial charge is 0.496 e.